The topological polar surface area (TPSA) is 33.6 Å². The van der Waals surface area contributed by atoms with Gasteiger partial charge in [-0.15, -0.1) is 0 Å². The largest absolute Gasteiger partial charge is 0.308 e. The first kappa shape index (κ1) is 46.2. The van der Waals surface area contributed by atoms with Crippen LogP contribution in [0.15, 0.2) is 176 Å². The number of nitrogens with zero attached hydrogens (tertiary/aromatic N) is 3. The number of nitriles is 1. The molecular formula is C69H53F2N3. The summed E-state index contributed by atoms with van der Waals surface area (Å²) in [5, 5.41) is 16.1. The van der Waals surface area contributed by atoms with Gasteiger partial charge in [-0.25, -0.2) is 8.78 Å². The van der Waals surface area contributed by atoms with Gasteiger partial charge in [0.05, 0.1) is 33.4 Å². The van der Waals surface area contributed by atoms with Crippen LogP contribution in [0, 0.1) is 78.4 Å². The molecule has 0 unspecified atom stereocenters. The molecule has 0 spiro atoms. The van der Waals surface area contributed by atoms with Crippen LogP contribution < -0.4 is 0 Å². The summed E-state index contributed by atoms with van der Waals surface area (Å²) >= 11 is 0. The van der Waals surface area contributed by atoms with Crippen molar-refractivity contribution in [2.45, 2.75) is 55.4 Å². The summed E-state index contributed by atoms with van der Waals surface area (Å²) in [5.74, 6) is -1.37. The first-order chi connectivity index (χ1) is 35.6. The number of fused-ring (bicyclic) bond motifs is 6. The number of halogens is 2. The zero-order chi connectivity index (χ0) is 51.3. The minimum atomic E-state index is -0.687. The summed E-state index contributed by atoms with van der Waals surface area (Å²) in [7, 11) is 0. The minimum absolute atomic E-state index is 0.356. The fourth-order valence-electron chi connectivity index (χ4n) is 11.8. The number of hydrogen-bond acceptors (Lipinski definition) is 1. The Morgan fingerprint density at radius 2 is 0.527 bits per heavy atom. The fraction of sp³-hybridized carbons (Fsp3) is 0.116. The van der Waals surface area contributed by atoms with Gasteiger partial charge in [0, 0.05) is 27.6 Å². The zero-order valence-electron chi connectivity index (χ0n) is 42.8. The fourth-order valence-corrected chi connectivity index (χ4v) is 11.8. The highest BCUT2D eigenvalue weighted by Crippen LogP contribution is 2.44. The molecule has 0 saturated carbocycles. The summed E-state index contributed by atoms with van der Waals surface area (Å²) in [4.78, 5) is 0. The Labute approximate surface area is 430 Å². The van der Waals surface area contributed by atoms with Crippen LogP contribution in [0.3, 0.4) is 0 Å². The average molecular weight is 962 g/mol. The minimum Gasteiger partial charge on any atom is -0.308 e. The van der Waals surface area contributed by atoms with Gasteiger partial charge in [0.25, 0.3) is 0 Å². The molecular weight excluding hydrogens is 909 g/mol. The SMILES string of the molecule is Cc1cc(C)cc(-c2ccc3c4ccc(-c5cc(C)cc(C)c5)cc4n(-c4cc(-c5cc(F)cc(F)c5)cc(-n5c6cc(-c7cc(C)cc(C)c7)ccc6c6ccc(-c7cc(C)cc(C)c7)cc65)c4C#N)c3c2)c1. The van der Waals surface area contributed by atoms with Gasteiger partial charge in [-0.2, -0.15) is 5.26 Å². The second-order valence-electron chi connectivity index (χ2n) is 20.8. The van der Waals surface area contributed by atoms with Crippen molar-refractivity contribution in [1.82, 2.24) is 9.13 Å². The molecule has 0 saturated heterocycles. The lowest BCUT2D eigenvalue weighted by atomic mass is 9.98. The van der Waals surface area contributed by atoms with Crippen molar-refractivity contribution in [3.8, 4) is 73.1 Å². The third kappa shape index (κ3) is 8.14. The number of hydrogen-bond donors (Lipinski definition) is 0. The summed E-state index contributed by atoms with van der Waals surface area (Å²) in [5.41, 5.74) is 23.9. The molecule has 0 N–H and O–H groups in total. The van der Waals surface area contributed by atoms with Gasteiger partial charge in [0.15, 0.2) is 0 Å². The summed E-state index contributed by atoms with van der Waals surface area (Å²) in [6.45, 7) is 16.9. The van der Waals surface area contributed by atoms with E-state index in [9.17, 15) is 5.26 Å². The summed E-state index contributed by atoms with van der Waals surface area (Å²) < 4.78 is 35.6. The molecule has 0 fully saturated rings. The van der Waals surface area contributed by atoms with E-state index in [0.29, 0.717) is 28.1 Å². The Morgan fingerprint density at radius 1 is 0.284 bits per heavy atom. The van der Waals surface area contributed by atoms with E-state index in [4.69, 9.17) is 0 Å². The molecule has 2 aromatic heterocycles. The van der Waals surface area contributed by atoms with Crippen LogP contribution in [0.2, 0.25) is 0 Å². The van der Waals surface area contributed by atoms with Crippen LogP contribution in [0.25, 0.3) is 111 Å². The van der Waals surface area contributed by atoms with Gasteiger partial charge in [0.1, 0.15) is 23.3 Å². The predicted molar refractivity (Wildman–Crippen MR) is 305 cm³/mol. The number of aromatic nitrogens is 2. The van der Waals surface area contributed by atoms with Crippen LogP contribution in [0.1, 0.15) is 50.1 Å². The molecule has 0 bridgehead atoms. The Hall–Kier alpha value is -8.85. The van der Waals surface area contributed by atoms with Crippen LogP contribution in [-0.2, 0) is 0 Å². The lowest BCUT2D eigenvalue weighted by molar-refractivity contribution is 0.584. The summed E-state index contributed by atoms with van der Waals surface area (Å²) in [6, 6.07) is 63.0. The van der Waals surface area contributed by atoms with Crippen LogP contribution in [0.4, 0.5) is 8.78 Å². The first-order valence-corrected chi connectivity index (χ1v) is 25.2. The Kier molecular flexibility index (Phi) is 11.1. The second-order valence-corrected chi connectivity index (χ2v) is 20.8. The van der Waals surface area contributed by atoms with Gasteiger partial charge in [-0.3, -0.25) is 0 Å². The molecule has 10 aromatic carbocycles. The summed E-state index contributed by atoms with van der Waals surface area (Å²) in [6.07, 6.45) is 0. The molecule has 0 atom stereocenters. The molecule has 0 amide bonds. The van der Waals surface area contributed by atoms with E-state index in [1.807, 2.05) is 12.1 Å². The van der Waals surface area contributed by atoms with Crippen molar-refractivity contribution in [3.63, 3.8) is 0 Å². The van der Waals surface area contributed by atoms with E-state index in [0.717, 1.165) is 139 Å². The van der Waals surface area contributed by atoms with Gasteiger partial charge in [-0.1, -0.05) is 166 Å². The molecule has 74 heavy (non-hydrogen) atoms. The molecule has 0 aliphatic carbocycles. The highest BCUT2D eigenvalue weighted by molar-refractivity contribution is 6.13. The lowest BCUT2D eigenvalue weighted by Crippen LogP contribution is -2.06. The van der Waals surface area contributed by atoms with Crippen LogP contribution >= 0.6 is 0 Å². The monoisotopic (exact) mass is 961 g/mol. The molecule has 12 rings (SSSR count). The van der Waals surface area contributed by atoms with Crippen molar-refractivity contribution in [3.05, 3.63) is 238 Å². The third-order valence-corrected chi connectivity index (χ3v) is 14.6. The van der Waals surface area contributed by atoms with E-state index >= 15 is 8.78 Å². The van der Waals surface area contributed by atoms with E-state index in [-0.39, 0.29) is 0 Å². The quantitative estimate of drug-likeness (QED) is 0.157. The molecule has 12 aromatic rings. The standard InChI is InChI=1S/C69H53F2N3/c1-39-17-40(2)22-51(21-39)47-9-13-59-60-14-10-48(52-23-41(3)18-42(4)24-52)32-65(60)73(64(59)31-47)68-35-56(55-29-57(70)37-58(71)30-55)36-69(63(68)38-72)74-66-33-49(53-25-43(5)19-44(6)26-53)11-15-61(66)62-16-12-50(34-67(62)74)54-27-45(7)20-46(8)28-54/h9-37H,1-8H3. The van der Waals surface area contributed by atoms with Crippen molar-refractivity contribution in [1.29, 1.82) is 5.26 Å². The smallest absolute Gasteiger partial charge is 0.126 e. The van der Waals surface area contributed by atoms with Crippen LogP contribution in [-0.4, -0.2) is 9.13 Å². The van der Waals surface area contributed by atoms with Gasteiger partial charge >= 0.3 is 0 Å². The van der Waals surface area contributed by atoms with Gasteiger partial charge < -0.3 is 9.13 Å². The number of benzene rings is 10. The Morgan fingerprint density at radius 3 is 0.784 bits per heavy atom. The molecule has 5 heteroatoms. The lowest BCUT2D eigenvalue weighted by Gasteiger charge is -2.19. The van der Waals surface area contributed by atoms with E-state index in [1.165, 1.54) is 12.1 Å². The Bertz CT molecular complexity index is 3820. The van der Waals surface area contributed by atoms with E-state index < -0.39 is 11.6 Å². The maximum absolute atomic E-state index is 15.6. The van der Waals surface area contributed by atoms with Crippen molar-refractivity contribution in [2.75, 3.05) is 0 Å². The van der Waals surface area contributed by atoms with Gasteiger partial charge in [0.2, 0.25) is 0 Å². The normalized spacial score (nSPS) is 11.6. The predicted octanol–water partition coefficient (Wildman–Crippen LogP) is 18.8. The number of rotatable bonds is 7. The molecule has 0 aliphatic rings. The maximum Gasteiger partial charge on any atom is 0.126 e. The van der Waals surface area contributed by atoms with Crippen molar-refractivity contribution in [2.24, 2.45) is 0 Å². The van der Waals surface area contributed by atoms with Crippen molar-refractivity contribution >= 4 is 43.6 Å². The Balaban J connectivity index is 1.24. The van der Waals surface area contributed by atoms with Crippen molar-refractivity contribution < 1.29 is 8.78 Å². The molecule has 358 valence electrons. The zero-order valence-corrected chi connectivity index (χ0v) is 42.8. The van der Waals surface area contributed by atoms with E-state index in [1.54, 1.807) is 0 Å². The van der Waals surface area contributed by atoms with Crippen LogP contribution in [0.5, 0.6) is 0 Å². The third-order valence-electron chi connectivity index (χ3n) is 14.6. The molecule has 3 nitrogen and oxygen atoms in total. The first-order valence-electron chi connectivity index (χ1n) is 25.2. The van der Waals surface area contributed by atoms with Gasteiger partial charge in [-0.05, 0) is 160 Å². The second kappa shape index (κ2) is 17.7. The average Bonchev–Trinajstić information content (AvgIpc) is 3.86. The van der Waals surface area contributed by atoms with E-state index in [2.05, 4.69) is 216 Å². The highest BCUT2D eigenvalue weighted by Gasteiger charge is 2.25. The molecule has 0 aliphatic heterocycles. The highest BCUT2D eigenvalue weighted by atomic mass is 19.1. The maximum atomic E-state index is 15.6. The number of aryl methyl sites for hydroxylation is 8. The molecule has 2 heterocycles. The molecule has 0 radical (unpaired) electrons.